The summed E-state index contributed by atoms with van der Waals surface area (Å²) >= 11 is 2.66. The van der Waals surface area contributed by atoms with Crippen molar-refractivity contribution in [1.82, 2.24) is 15.1 Å². The second-order valence-corrected chi connectivity index (χ2v) is 8.88. The Morgan fingerprint density at radius 1 is 1.13 bits per heavy atom. The molecule has 0 fully saturated rings. The average molecular weight is 458 g/mol. The largest absolute Gasteiger partial charge is 0.497 e. The molecule has 162 valence electrons. The van der Waals surface area contributed by atoms with Gasteiger partial charge in [0.2, 0.25) is 16.9 Å². The molecule has 0 aliphatic rings. The summed E-state index contributed by atoms with van der Waals surface area (Å²) in [6.45, 7) is 1.98. The Morgan fingerprint density at radius 3 is 2.65 bits per heavy atom. The van der Waals surface area contributed by atoms with Crippen molar-refractivity contribution in [3.05, 3.63) is 54.1 Å². The lowest BCUT2D eigenvalue weighted by molar-refractivity contribution is -0.131. The molecule has 2 amide bonds. The van der Waals surface area contributed by atoms with Crippen LogP contribution >= 0.6 is 23.1 Å². The van der Waals surface area contributed by atoms with Crippen LogP contribution in [0.2, 0.25) is 0 Å². The zero-order valence-electron chi connectivity index (χ0n) is 17.4. The molecule has 0 aliphatic heterocycles. The van der Waals surface area contributed by atoms with Gasteiger partial charge in [-0.3, -0.25) is 9.59 Å². The predicted molar refractivity (Wildman–Crippen MR) is 124 cm³/mol. The third kappa shape index (κ3) is 6.97. The number of benzene rings is 2. The van der Waals surface area contributed by atoms with Crippen molar-refractivity contribution in [3.63, 3.8) is 0 Å². The first-order chi connectivity index (χ1) is 14.9. The molecule has 0 unspecified atom stereocenters. The smallest absolute Gasteiger partial charge is 0.243 e. The summed E-state index contributed by atoms with van der Waals surface area (Å²) in [5, 5.41) is 14.8. The van der Waals surface area contributed by atoms with Gasteiger partial charge >= 0.3 is 0 Å². The zero-order valence-corrected chi connectivity index (χ0v) is 19.0. The molecule has 0 saturated carbocycles. The minimum Gasteiger partial charge on any atom is -0.497 e. The van der Waals surface area contributed by atoms with Crippen molar-refractivity contribution in [2.45, 2.75) is 11.3 Å². The van der Waals surface area contributed by atoms with Crippen LogP contribution in [0.4, 0.5) is 16.5 Å². The van der Waals surface area contributed by atoms with E-state index in [1.807, 2.05) is 31.2 Å². The molecular weight excluding hydrogens is 434 g/mol. The van der Waals surface area contributed by atoms with Gasteiger partial charge in [0.1, 0.15) is 5.75 Å². The van der Waals surface area contributed by atoms with Gasteiger partial charge in [0.25, 0.3) is 0 Å². The van der Waals surface area contributed by atoms with Gasteiger partial charge in [0.15, 0.2) is 4.34 Å². The Hall–Kier alpha value is -3.11. The van der Waals surface area contributed by atoms with Gasteiger partial charge in [-0.25, -0.2) is 0 Å². The van der Waals surface area contributed by atoms with Crippen molar-refractivity contribution in [2.24, 2.45) is 0 Å². The number of carbonyl (C=O) groups is 2. The van der Waals surface area contributed by atoms with Crippen LogP contribution < -0.4 is 15.4 Å². The highest BCUT2D eigenvalue weighted by Crippen LogP contribution is 2.27. The van der Waals surface area contributed by atoms with Gasteiger partial charge < -0.3 is 20.3 Å². The van der Waals surface area contributed by atoms with Crippen LogP contribution in [0.15, 0.2) is 52.9 Å². The van der Waals surface area contributed by atoms with E-state index in [-0.39, 0.29) is 24.1 Å². The van der Waals surface area contributed by atoms with Crippen molar-refractivity contribution >= 4 is 51.4 Å². The van der Waals surface area contributed by atoms with E-state index in [4.69, 9.17) is 4.74 Å². The number of amides is 2. The minimum absolute atomic E-state index is 0.0487. The van der Waals surface area contributed by atoms with Gasteiger partial charge in [-0.05, 0) is 31.2 Å². The molecule has 0 bridgehead atoms. The summed E-state index contributed by atoms with van der Waals surface area (Å²) in [6.07, 6.45) is 0. The summed E-state index contributed by atoms with van der Waals surface area (Å²) in [7, 11) is 3.16. The normalized spacial score (nSPS) is 10.4. The Bertz CT molecular complexity index is 1040. The zero-order chi connectivity index (χ0) is 22.2. The standard InChI is InChI=1S/C21H23N5O3S2/c1-14-7-9-15(10-8-14)23-20-24-25-21(31-20)30-13-19(28)26(2)12-18(27)22-16-5-4-6-17(11-16)29-3/h4-11H,12-13H2,1-3H3,(H,22,27)(H,23,24). The highest BCUT2D eigenvalue weighted by Gasteiger charge is 2.15. The van der Waals surface area contributed by atoms with Crippen molar-refractivity contribution in [3.8, 4) is 5.75 Å². The predicted octanol–water partition coefficient (Wildman–Crippen LogP) is 3.79. The van der Waals surface area contributed by atoms with Crippen LogP contribution in [-0.2, 0) is 9.59 Å². The number of ether oxygens (including phenoxy) is 1. The van der Waals surface area contributed by atoms with E-state index in [0.717, 1.165) is 5.69 Å². The summed E-state index contributed by atoms with van der Waals surface area (Å²) < 4.78 is 5.81. The number of hydrogen-bond donors (Lipinski definition) is 2. The van der Waals surface area contributed by atoms with Gasteiger partial charge in [-0.2, -0.15) is 0 Å². The maximum atomic E-state index is 12.4. The number of aryl methyl sites for hydroxylation is 1. The molecule has 10 heteroatoms. The van der Waals surface area contributed by atoms with Crippen LogP contribution in [0.5, 0.6) is 5.75 Å². The second kappa shape index (κ2) is 10.8. The van der Waals surface area contributed by atoms with Gasteiger partial charge in [-0.1, -0.05) is 46.9 Å². The van der Waals surface area contributed by atoms with Gasteiger partial charge in [0.05, 0.1) is 19.4 Å². The number of hydrogen-bond acceptors (Lipinski definition) is 8. The van der Waals surface area contributed by atoms with E-state index in [9.17, 15) is 9.59 Å². The molecule has 0 atom stereocenters. The molecule has 2 N–H and O–H groups in total. The molecular formula is C21H23N5O3S2. The number of likely N-dealkylation sites (N-methyl/N-ethyl adjacent to an activating group) is 1. The lowest BCUT2D eigenvalue weighted by Gasteiger charge is -2.16. The molecule has 31 heavy (non-hydrogen) atoms. The van der Waals surface area contributed by atoms with Crippen molar-refractivity contribution in [2.75, 3.05) is 37.1 Å². The van der Waals surface area contributed by atoms with E-state index >= 15 is 0 Å². The molecule has 0 saturated heterocycles. The molecule has 3 rings (SSSR count). The summed E-state index contributed by atoms with van der Waals surface area (Å²) in [6, 6.07) is 15.0. The van der Waals surface area contributed by atoms with E-state index < -0.39 is 0 Å². The molecule has 0 spiro atoms. The molecule has 0 radical (unpaired) electrons. The maximum Gasteiger partial charge on any atom is 0.243 e. The lowest BCUT2D eigenvalue weighted by Crippen LogP contribution is -2.35. The minimum atomic E-state index is -0.283. The lowest BCUT2D eigenvalue weighted by atomic mass is 10.2. The second-order valence-electron chi connectivity index (χ2n) is 6.68. The summed E-state index contributed by atoms with van der Waals surface area (Å²) in [4.78, 5) is 26.0. The number of nitrogens with one attached hydrogen (secondary N) is 2. The SMILES string of the molecule is COc1cccc(NC(=O)CN(C)C(=O)CSc2nnc(Nc3ccc(C)cc3)s2)c1. The van der Waals surface area contributed by atoms with E-state index in [1.54, 1.807) is 38.4 Å². The molecule has 8 nitrogen and oxygen atoms in total. The first-order valence-corrected chi connectivity index (χ1v) is 11.2. The fraction of sp³-hybridized carbons (Fsp3) is 0.238. The Balaban J connectivity index is 1.45. The van der Waals surface area contributed by atoms with Crippen LogP contribution in [-0.4, -0.2) is 53.4 Å². The van der Waals surface area contributed by atoms with E-state index in [2.05, 4.69) is 20.8 Å². The topological polar surface area (TPSA) is 96.5 Å². The monoisotopic (exact) mass is 457 g/mol. The van der Waals surface area contributed by atoms with E-state index in [0.29, 0.717) is 20.9 Å². The Kier molecular flexibility index (Phi) is 7.85. The molecule has 1 aromatic heterocycles. The maximum absolute atomic E-state index is 12.4. The summed E-state index contributed by atoms with van der Waals surface area (Å²) in [5.74, 6) is 0.359. The van der Waals surface area contributed by atoms with Gasteiger partial charge in [0, 0.05) is 24.5 Å². The Morgan fingerprint density at radius 2 is 1.90 bits per heavy atom. The first kappa shape index (κ1) is 22.6. The fourth-order valence-electron chi connectivity index (χ4n) is 2.52. The fourth-order valence-corrected chi connectivity index (χ4v) is 4.23. The highest BCUT2D eigenvalue weighted by molar-refractivity contribution is 8.01. The van der Waals surface area contributed by atoms with Crippen LogP contribution in [0.1, 0.15) is 5.56 Å². The number of anilines is 3. The highest BCUT2D eigenvalue weighted by atomic mass is 32.2. The summed E-state index contributed by atoms with van der Waals surface area (Å²) in [5.41, 5.74) is 2.72. The molecule has 0 aliphatic carbocycles. The third-order valence-electron chi connectivity index (χ3n) is 4.19. The third-order valence-corrected chi connectivity index (χ3v) is 6.15. The number of thioether (sulfide) groups is 1. The van der Waals surface area contributed by atoms with E-state index in [1.165, 1.54) is 33.6 Å². The number of rotatable bonds is 9. The number of methoxy groups -OCH3 is 1. The van der Waals surface area contributed by atoms with Crippen molar-refractivity contribution < 1.29 is 14.3 Å². The molecule has 2 aromatic carbocycles. The Labute approximate surface area is 189 Å². The average Bonchev–Trinajstić information content (AvgIpc) is 3.21. The number of carbonyl (C=O) groups excluding carboxylic acids is 2. The molecule has 3 aromatic rings. The van der Waals surface area contributed by atoms with Crippen LogP contribution in [0.25, 0.3) is 0 Å². The molecule has 1 heterocycles. The quantitative estimate of drug-likeness (QED) is 0.472. The van der Waals surface area contributed by atoms with Crippen molar-refractivity contribution in [1.29, 1.82) is 0 Å². The number of nitrogens with zero attached hydrogens (tertiary/aromatic N) is 3. The van der Waals surface area contributed by atoms with Gasteiger partial charge in [-0.15, -0.1) is 10.2 Å². The van der Waals surface area contributed by atoms with Crippen LogP contribution in [0, 0.1) is 6.92 Å². The number of aromatic nitrogens is 2. The van der Waals surface area contributed by atoms with Crippen LogP contribution in [0.3, 0.4) is 0 Å². The first-order valence-electron chi connectivity index (χ1n) is 9.41.